The van der Waals surface area contributed by atoms with Gasteiger partial charge in [-0.15, -0.1) is 0 Å². The van der Waals surface area contributed by atoms with Crippen LogP contribution in [0, 0.1) is 5.92 Å². The summed E-state index contributed by atoms with van der Waals surface area (Å²) in [7, 11) is 0. The summed E-state index contributed by atoms with van der Waals surface area (Å²) in [5.74, 6) is 1.74. The quantitative estimate of drug-likeness (QED) is 0.855. The molecule has 0 radical (unpaired) electrons. The second-order valence-corrected chi connectivity index (χ2v) is 7.30. The summed E-state index contributed by atoms with van der Waals surface area (Å²) in [6, 6.07) is 10.0. The van der Waals surface area contributed by atoms with Crippen LogP contribution >= 0.6 is 11.8 Å². The predicted molar refractivity (Wildman–Crippen MR) is 94.4 cm³/mol. The number of aliphatic hydroxyl groups excluding tert-OH is 1. The standard InChI is InChI=1S/C18H22N2O2S/c1-2-23-11-17(22)20-18(13-8-15(21)9-13)14-7-12-5-3-4-6-16(12)19-10-14/h3-7,10,13,15,18,21H,2,8-9,11H2,1H3,(H,20,22)/t13?,15?,18-/m0/s1. The molecule has 1 aromatic heterocycles. The van der Waals surface area contributed by atoms with Gasteiger partial charge in [0.15, 0.2) is 0 Å². The zero-order chi connectivity index (χ0) is 16.2. The van der Waals surface area contributed by atoms with Crippen LogP contribution in [0.5, 0.6) is 0 Å². The molecule has 1 aliphatic carbocycles. The lowest BCUT2D eigenvalue weighted by atomic mass is 9.75. The fraction of sp³-hybridized carbons (Fsp3) is 0.444. The van der Waals surface area contributed by atoms with Gasteiger partial charge in [0, 0.05) is 11.6 Å². The Hall–Kier alpha value is -1.59. The number of fused-ring (bicyclic) bond motifs is 1. The average molecular weight is 330 g/mol. The molecule has 0 bridgehead atoms. The zero-order valence-corrected chi connectivity index (χ0v) is 14.1. The Balaban J connectivity index is 1.82. The third-order valence-corrected chi connectivity index (χ3v) is 5.22. The first-order valence-electron chi connectivity index (χ1n) is 8.07. The van der Waals surface area contributed by atoms with E-state index >= 15 is 0 Å². The van der Waals surface area contributed by atoms with E-state index in [0.29, 0.717) is 5.75 Å². The predicted octanol–water partition coefficient (Wildman–Crippen LogP) is 2.92. The maximum Gasteiger partial charge on any atom is 0.230 e. The van der Waals surface area contributed by atoms with E-state index in [1.807, 2.05) is 37.4 Å². The van der Waals surface area contributed by atoms with Crippen molar-refractivity contribution in [1.82, 2.24) is 10.3 Å². The van der Waals surface area contributed by atoms with Gasteiger partial charge in [0.05, 0.1) is 23.4 Å². The van der Waals surface area contributed by atoms with Crippen molar-refractivity contribution in [1.29, 1.82) is 0 Å². The molecule has 5 heteroatoms. The SMILES string of the molecule is CCSCC(=O)N[C@H](c1cnc2ccccc2c1)C1CC(O)C1. The lowest BCUT2D eigenvalue weighted by Gasteiger charge is -2.38. The molecule has 1 heterocycles. The van der Waals surface area contributed by atoms with Crippen molar-refractivity contribution in [3.63, 3.8) is 0 Å². The Labute approximate surface area is 140 Å². The van der Waals surface area contributed by atoms with Crippen molar-refractivity contribution in [2.75, 3.05) is 11.5 Å². The fourth-order valence-corrected chi connectivity index (χ4v) is 3.52. The van der Waals surface area contributed by atoms with E-state index in [1.165, 1.54) is 0 Å². The zero-order valence-electron chi connectivity index (χ0n) is 13.2. The number of pyridine rings is 1. The number of para-hydroxylation sites is 1. The molecular formula is C18H22N2O2S. The third-order valence-electron chi connectivity index (χ3n) is 4.35. The molecule has 2 aromatic rings. The van der Waals surface area contributed by atoms with Gasteiger partial charge in [-0.1, -0.05) is 25.1 Å². The molecule has 1 atom stereocenters. The van der Waals surface area contributed by atoms with Crippen LogP contribution in [0.15, 0.2) is 36.5 Å². The minimum Gasteiger partial charge on any atom is -0.393 e. The number of nitrogens with one attached hydrogen (secondary N) is 1. The lowest BCUT2D eigenvalue weighted by Crippen LogP contribution is -2.42. The molecule has 1 fully saturated rings. The van der Waals surface area contributed by atoms with Gasteiger partial charge in [0.1, 0.15) is 0 Å². The summed E-state index contributed by atoms with van der Waals surface area (Å²) in [4.78, 5) is 16.7. The molecule has 0 aliphatic heterocycles. The van der Waals surface area contributed by atoms with Crippen LogP contribution in [-0.4, -0.2) is 33.6 Å². The molecule has 1 saturated carbocycles. The van der Waals surface area contributed by atoms with Crippen LogP contribution in [0.1, 0.15) is 31.4 Å². The number of rotatable bonds is 6. The smallest absolute Gasteiger partial charge is 0.230 e. The highest BCUT2D eigenvalue weighted by atomic mass is 32.2. The first kappa shape index (κ1) is 16.3. The van der Waals surface area contributed by atoms with E-state index < -0.39 is 0 Å². The molecule has 1 aromatic carbocycles. The highest BCUT2D eigenvalue weighted by molar-refractivity contribution is 7.99. The second kappa shape index (κ2) is 7.32. The second-order valence-electron chi connectivity index (χ2n) is 6.03. The molecule has 122 valence electrons. The number of carbonyl (C=O) groups is 1. The van der Waals surface area contributed by atoms with Crippen LogP contribution in [0.3, 0.4) is 0 Å². The number of benzene rings is 1. The van der Waals surface area contributed by atoms with Crippen molar-refractivity contribution in [3.8, 4) is 0 Å². The highest BCUT2D eigenvalue weighted by Gasteiger charge is 2.35. The van der Waals surface area contributed by atoms with Crippen LogP contribution in [0.25, 0.3) is 10.9 Å². The topological polar surface area (TPSA) is 62.2 Å². The number of hydrogen-bond donors (Lipinski definition) is 2. The van der Waals surface area contributed by atoms with Crippen molar-refractivity contribution in [3.05, 3.63) is 42.1 Å². The summed E-state index contributed by atoms with van der Waals surface area (Å²) in [5, 5.41) is 13.8. The summed E-state index contributed by atoms with van der Waals surface area (Å²) in [6.45, 7) is 2.05. The summed E-state index contributed by atoms with van der Waals surface area (Å²) < 4.78 is 0. The lowest BCUT2D eigenvalue weighted by molar-refractivity contribution is -0.120. The Morgan fingerprint density at radius 2 is 2.22 bits per heavy atom. The molecular weight excluding hydrogens is 308 g/mol. The van der Waals surface area contributed by atoms with E-state index in [9.17, 15) is 9.90 Å². The average Bonchev–Trinajstić information content (AvgIpc) is 2.55. The maximum atomic E-state index is 12.2. The first-order valence-corrected chi connectivity index (χ1v) is 9.22. The summed E-state index contributed by atoms with van der Waals surface area (Å²) in [6.07, 6.45) is 3.08. The number of aliphatic hydroxyl groups is 1. The molecule has 1 aliphatic rings. The van der Waals surface area contributed by atoms with E-state index in [2.05, 4.69) is 16.4 Å². The van der Waals surface area contributed by atoms with E-state index in [4.69, 9.17) is 0 Å². The Kier molecular flexibility index (Phi) is 5.18. The van der Waals surface area contributed by atoms with Gasteiger partial charge >= 0.3 is 0 Å². The molecule has 0 unspecified atom stereocenters. The van der Waals surface area contributed by atoms with E-state index in [1.54, 1.807) is 11.8 Å². The summed E-state index contributed by atoms with van der Waals surface area (Å²) in [5.41, 5.74) is 1.98. The number of thioether (sulfide) groups is 1. The van der Waals surface area contributed by atoms with Gasteiger partial charge in [-0.05, 0) is 42.2 Å². The van der Waals surface area contributed by atoms with Gasteiger partial charge in [0.2, 0.25) is 5.91 Å². The minimum atomic E-state index is -0.238. The number of hydrogen-bond acceptors (Lipinski definition) is 4. The number of nitrogens with zero attached hydrogens (tertiary/aromatic N) is 1. The molecule has 2 N–H and O–H groups in total. The molecule has 23 heavy (non-hydrogen) atoms. The van der Waals surface area contributed by atoms with Crippen LogP contribution in [-0.2, 0) is 4.79 Å². The van der Waals surface area contributed by atoms with Crippen molar-refractivity contribution in [2.24, 2.45) is 5.92 Å². The first-order chi connectivity index (χ1) is 11.2. The van der Waals surface area contributed by atoms with Gasteiger partial charge in [-0.2, -0.15) is 11.8 Å². The monoisotopic (exact) mass is 330 g/mol. The van der Waals surface area contributed by atoms with Gasteiger partial charge in [-0.25, -0.2) is 0 Å². The van der Waals surface area contributed by atoms with Gasteiger partial charge in [0.25, 0.3) is 0 Å². The normalized spacial score (nSPS) is 21.7. The minimum absolute atomic E-state index is 0.0522. The fourth-order valence-electron chi connectivity index (χ4n) is 3.04. The van der Waals surface area contributed by atoms with Crippen LogP contribution in [0.2, 0.25) is 0 Å². The van der Waals surface area contributed by atoms with Crippen molar-refractivity contribution in [2.45, 2.75) is 31.9 Å². The largest absolute Gasteiger partial charge is 0.393 e. The van der Waals surface area contributed by atoms with Gasteiger partial charge in [-0.3, -0.25) is 9.78 Å². The van der Waals surface area contributed by atoms with Crippen molar-refractivity contribution >= 4 is 28.6 Å². The van der Waals surface area contributed by atoms with Crippen LogP contribution < -0.4 is 5.32 Å². The third kappa shape index (κ3) is 3.85. The Morgan fingerprint density at radius 1 is 1.43 bits per heavy atom. The molecule has 1 amide bonds. The van der Waals surface area contributed by atoms with Crippen LogP contribution in [0.4, 0.5) is 0 Å². The molecule has 4 nitrogen and oxygen atoms in total. The van der Waals surface area contributed by atoms with Gasteiger partial charge < -0.3 is 10.4 Å². The Bertz CT molecular complexity index is 686. The van der Waals surface area contributed by atoms with Crippen molar-refractivity contribution < 1.29 is 9.90 Å². The van der Waals surface area contributed by atoms with E-state index in [0.717, 1.165) is 35.1 Å². The number of carbonyl (C=O) groups excluding carboxylic acids is 1. The highest BCUT2D eigenvalue weighted by Crippen LogP contribution is 2.38. The molecule has 0 saturated heterocycles. The Morgan fingerprint density at radius 3 is 2.96 bits per heavy atom. The maximum absolute atomic E-state index is 12.2. The molecule has 0 spiro atoms. The number of aromatic nitrogens is 1. The molecule has 3 rings (SSSR count). The van der Waals surface area contributed by atoms with E-state index in [-0.39, 0.29) is 24.0 Å². The number of amides is 1. The summed E-state index contributed by atoms with van der Waals surface area (Å²) >= 11 is 1.62.